The summed E-state index contributed by atoms with van der Waals surface area (Å²) >= 11 is 0. The SMILES string of the molecule is C.CC(C)(C)C1CC1.CC(C)(C)C1CCO1.CC(C)(C)C1COC1.CC(C)(C)CC1(C)CCO1.CC(C)(C)CC1(C)CCO1.CC(C)(C)CC1CCO1.CC(C)CC1(C)CC1.CC(C)CC1(C)CC1.CC(C)CC1(C)COC1.CC(C)CC1(C)COC1.CC(C)CC1CC1.CC(C)CC1COC1. The number of rotatable bonds is 15. The molecule has 4 atom stereocenters. The van der Waals surface area contributed by atoms with Crippen molar-refractivity contribution < 1.29 is 37.9 Å². The smallest absolute Gasteiger partial charge is 0.0681 e. The van der Waals surface area contributed by atoms with Gasteiger partial charge in [0.2, 0.25) is 0 Å². The summed E-state index contributed by atoms with van der Waals surface area (Å²) in [5.41, 5.74) is 5.73. The van der Waals surface area contributed by atoms with Crippen LogP contribution in [0.3, 0.4) is 0 Å². The van der Waals surface area contributed by atoms with E-state index in [4.69, 9.17) is 37.9 Å². The summed E-state index contributed by atoms with van der Waals surface area (Å²) in [6.07, 6.45) is 29.9. The Morgan fingerprint density at radius 3 is 0.696 bits per heavy atom. The molecular weight excluding hydrogens is 1260 g/mol. The third kappa shape index (κ3) is 53.5. The van der Waals surface area contributed by atoms with Crippen molar-refractivity contribution in [3.63, 3.8) is 0 Å². The molecule has 614 valence electrons. The largest absolute Gasteiger partial charge is 0.381 e. The topological polar surface area (TPSA) is 73.8 Å². The van der Waals surface area contributed by atoms with Gasteiger partial charge in [0.1, 0.15) is 0 Å². The molecule has 0 aromatic carbocycles. The zero-order chi connectivity index (χ0) is 77.9. The Kier molecular flexibility index (Phi) is 45.1. The highest BCUT2D eigenvalue weighted by Gasteiger charge is 2.41. The molecule has 8 heterocycles. The Bertz CT molecular complexity index is 1960. The predicted octanol–water partition coefficient (Wildman–Crippen LogP) is 27.9. The van der Waals surface area contributed by atoms with Crippen LogP contribution >= 0.6 is 0 Å². The number of ether oxygens (including phenoxy) is 8. The van der Waals surface area contributed by atoms with E-state index in [9.17, 15) is 0 Å². The molecule has 102 heavy (non-hydrogen) atoms. The summed E-state index contributed by atoms with van der Waals surface area (Å²) in [6, 6.07) is 0. The lowest BCUT2D eigenvalue weighted by atomic mass is 9.79. The molecule has 0 spiro atoms. The van der Waals surface area contributed by atoms with Gasteiger partial charge in [0, 0.05) is 35.9 Å². The first-order valence-corrected chi connectivity index (χ1v) is 42.6. The quantitative estimate of drug-likeness (QED) is 0.161. The predicted molar refractivity (Wildman–Crippen MR) is 447 cm³/mol. The lowest BCUT2D eigenvalue weighted by molar-refractivity contribution is -0.152. The van der Waals surface area contributed by atoms with Gasteiger partial charge in [-0.3, -0.25) is 0 Å². The van der Waals surface area contributed by atoms with Crippen LogP contribution in [0, 0.1) is 113 Å². The highest BCUT2D eigenvalue weighted by Crippen LogP contribution is 2.51. The van der Waals surface area contributed by atoms with Gasteiger partial charge < -0.3 is 37.9 Å². The Hall–Kier alpha value is -0.320. The normalized spacial score (nSPS) is 25.8. The molecule has 8 heteroatoms. The van der Waals surface area contributed by atoms with Crippen molar-refractivity contribution in [2.24, 2.45) is 113 Å². The van der Waals surface area contributed by atoms with Crippen LogP contribution < -0.4 is 0 Å². The molecule has 0 bridgehead atoms. The Morgan fingerprint density at radius 1 is 0.324 bits per heavy atom. The van der Waals surface area contributed by atoms with E-state index >= 15 is 0 Å². The van der Waals surface area contributed by atoms with E-state index in [2.05, 4.69) is 249 Å². The Balaban J connectivity index is 0.00000109. The van der Waals surface area contributed by atoms with Crippen molar-refractivity contribution in [3.8, 4) is 0 Å². The molecule has 8 saturated heterocycles. The van der Waals surface area contributed by atoms with E-state index in [0.717, 1.165) is 149 Å². The van der Waals surface area contributed by atoms with Gasteiger partial charge in [0.25, 0.3) is 0 Å². The molecular formula is C94H190O8. The minimum absolute atomic E-state index is 0. The molecule has 0 N–H and O–H groups in total. The third-order valence-electron chi connectivity index (χ3n) is 21.6. The van der Waals surface area contributed by atoms with Gasteiger partial charge in [-0.15, -0.1) is 0 Å². The fraction of sp³-hybridized carbons (Fsp3) is 1.00. The van der Waals surface area contributed by atoms with Gasteiger partial charge in [0.15, 0.2) is 0 Å². The zero-order valence-electron chi connectivity index (χ0n) is 75.5. The zero-order valence-corrected chi connectivity index (χ0v) is 75.5. The molecule has 12 aliphatic rings. The standard InChI is InChI=1S/2C9H18O.3C8H16O.2C8H16.3C7H14O.2C7H14.CH4/c2*1-8(2,3)7-9(4)5-6-10-9;2*1-7(2)4-8(3)5-9-6-8;1-8(2,3)6-7-4-5-9-7;2*1-7(2)6-8(3)4-5-8;1-7(2,3)6-4-8-5-6;1-6(2)3-7-4-8-5-7;1-7(2,3)6-4-5-8-6;1-7(2,3)6-4-5-6;1-6(2)5-7-3-4-7;/h2*5-7H2,1-4H3;3*7H,4-6H2,1-3H3;2*7H,4-6H2,1-3H3;6H,4-5H2,1-3H3;6-7H,3-5H2,1-2H3;6H,4-5H2,1-3H3;6H,4-5H2,1-3H3;6-7H,3-5H2,1-2H3;1H4. The van der Waals surface area contributed by atoms with Gasteiger partial charge >= 0.3 is 0 Å². The van der Waals surface area contributed by atoms with Crippen molar-refractivity contribution in [1.82, 2.24) is 0 Å². The van der Waals surface area contributed by atoms with E-state index in [0.29, 0.717) is 55.5 Å². The fourth-order valence-corrected chi connectivity index (χ4v) is 15.2. The Morgan fingerprint density at radius 2 is 0.637 bits per heavy atom. The van der Waals surface area contributed by atoms with Crippen molar-refractivity contribution >= 4 is 0 Å². The minimum atomic E-state index is 0. The van der Waals surface area contributed by atoms with E-state index < -0.39 is 0 Å². The van der Waals surface area contributed by atoms with Crippen LogP contribution in [0.15, 0.2) is 0 Å². The number of hydrogen-bond acceptors (Lipinski definition) is 8. The summed E-state index contributed by atoms with van der Waals surface area (Å²) in [4.78, 5) is 0. The van der Waals surface area contributed by atoms with Crippen LogP contribution in [-0.2, 0) is 37.9 Å². The molecule has 4 unspecified atom stereocenters. The molecule has 8 aliphatic heterocycles. The van der Waals surface area contributed by atoms with Gasteiger partial charge in [-0.1, -0.05) is 256 Å². The molecule has 0 aromatic heterocycles. The average molecular weight is 1450 g/mol. The van der Waals surface area contributed by atoms with Crippen LogP contribution in [-0.4, -0.2) is 103 Å². The van der Waals surface area contributed by atoms with Crippen LogP contribution in [0.25, 0.3) is 0 Å². The second-order valence-electron chi connectivity index (χ2n) is 46.1. The summed E-state index contributed by atoms with van der Waals surface area (Å²) in [5.74, 6) is 9.10. The molecule has 0 amide bonds. The molecule has 0 aromatic rings. The molecule has 0 radical (unpaired) electrons. The fourth-order valence-electron chi connectivity index (χ4n) is 15.2. The van der Waals surface area contributed by atoms with E-state index in [-0.39, 0.29) is 18.6 Å². The van der Waals surface area contributed by atoms with Crippen molar-refractivity contribution in [3.05, 3.63) is 0 Å². The van der Waals surface area contributed by atoms with Gasteiger partial charge in [-0.25, -0.2) is 0 Å². The maximum Gasteiger partial charge on any atom is 0.0681 e. The molecule has 8 nitrogen and oxygen atoms in total. The highest BCUT2D eigenvalue weighted by molar-refractivity contribution is 4.91. The molecule has 4 saturated carbocycles. The summed E-state index contributed by atoms with van der Waals surface area (Å²) < 4.78 is 42.0. The van der Waals surface area contributed by atoms with Gasteiger partial charge in [0.05, 0.1) is 89.5 Å². The van der Waals surface area contributed by atoms with Crippen molar-refractivity contribution in [2.75, 3.05) is 79.3 Å². The maximum atomic E-state index is 5.49. The Labute approximate surface area is 642 Å². The summed E-state index contributed by atoms with van der Waals surface area (Å²) in [5, 5.41) is 0. The van der Waals surface area contributed by atoms with Gasteiger partial charge in [-0.2, -0.15) is 0 Å². The summed E-state index contributed by atoms with van der Waals surface area (Å²) in [6.45, 7) is 93.8. The lowest BCUT2D eigenvalue weighted by Gasteiger charge is -2.42. The highest BCUT2D eigenvalue weighted by atomic mass is 16.5. The first-order chi connectivity index (χ1) is 45.8. The lowest BCUT2D eigenvalue weighted by Crippen LogP contribution is -2.43. The van der Waals surface area contributed by atoms with Crippen LogP contribution in [0.2, 0.25) is 0 Å². The van der Waals surface area contributed by atoms with E-state index in [1.165, 1.54) is 135 Å². The molecule has 12 rings (SSSR count). The second-order valence-corrected chi connectivity index (χ2v) is 46.1. The minimum Gasteiger partial charge on any atom is -0.381 e. The van der Waals surface area contributed by atoms with Crippen LogP contribution in [0.4, 0.5) is 0 Å². The van der Waals surface area contributed by atoms with Crippen LogP contribution in [0.5, 0.6) is 0 Å². The first kappa shape index (κ1) is 102. The van der Waals surface area contributed by atoms with E-state index in [1.807, 2.05) is 0 Å². The number of hydrogen-bond donors (Lipinski definition) is 0. The van der Waals surface area contributed by atoms with Crippen molar-refractivity contribution in [1.29, 1.82) is 0 Å². The maximum absolute atomic E-state index is 5.49. The van der Waals surface area contributed by atoms with Crippen molar-refractivity contribution in [2.45, 2.75) is 415 Å². The first-order valence-electron chi connectivity index (χ1n) is 42.6. The summed E-state index contributed by atoms with van der Waals surface area (Å²) in [7, 11) is 0. The van der Waals surface area contributed by atoms with Crippen LogP contribution in [0.1, 0.15) is 392 Å². The third-order valence-corrected chi connectivity index (χ3v) is 21.6. The second kappa shape index (κ2) is 45.3. The van der Waals surface area contributed by atoms with Gasteiger partial charge in [-0.05, 0) is 227 Å². The molecule has 4 aliphatic carbocycles. The monoisotopic (exact) mass is 1450 g/mol. The average Bonchev–Trinajstić information content (AvgIpc) is 1.68. The van der Waals surface area contributed by atoms with E-state index in [1.54, 1.807) is 0 Å². The molecule has 12 fully saturated rings.